The van der Waals surface area contributed by atoms with Crippen molar-refractivity contribution in [2.45, 2.75) is 33.2 Å². The van der Waals surface area contributed by atoms with E-state index in [0.717, 1.165) is 13.0 Å². The molecule has 0 radical (unpaired) electrons. The fourth-order valence-corrected chi connectivity index (χ4v) is 1.22. The normalized spacial score (nSPS) is 12.9. The number of nitrogens with one attached hydrogen (secondary N) is 2. The summed E-state index contributed by atoms with van der Waals surface area (Å²) in [7, 11) is 1.65. The molecule has 0 heterocycles. The minimum Gasteiger partial charge on any atom is -0.383 e. The fraction of sp³-hybridized carbons (Fsp3) is 0.909. The van der Waals surface area contributed by atoms with Gasteiger partial charge in [0, 0.05) is 7.11 Å². The zero-order chi connectivity index (χ0) is 11.7. The van der Waals surface area contributed by atoms with E-state index in [0.29, 0.717) is 19.1 Å². The lowest BCUT2D eigenvalue weighted by atomic mass is 10.1. The molecule has 0 aromatic carbocycles. The summed E-state index contributed by atoms with van der Waals surface area (Å²) >= 11 is 0. The van der Waals surface area contributed by atoms with Gasteiger partial charge in [0.25, 0.3) is 0 Å². The Morgan fingerprint density at radius 2 is 2.07 bits per heavy atom. The third kappa shape index (κ3) is 7.33. The van der Waals surface area contributed by atoms with E-state index in [4.69, 9.17) is 4.74 Å². The third-order valence-electron chi connectivity index (χ3n) is 2.21. The summed E-state index contributed by atoms with van der Waals surface area (Å²) in [6.07, 6.45) is 1.04. The second kappa shape index (κ2) is 8.68. The smallest absolute Gasteiger partial charge is 0.234 e. The van der Waals surface area contributed by atoms with Crippen LogP contribution in [0, 0.1) is 5.92 Å². The molecule has 1 amide bonds. The van der Waals surface area contributed by atoms with Gasteiger partial charge in [-0.3, -0.25) is 4.79 Å². The predicted molar refractivity (Wildman–Crippen MR) is 61.8 cm³/mol. The third-order valence-corrected chi connectivity index (χ3v) is 2.21. The van der Waals surface area contributed by atoms with E-state index in [1.54, 1.807) is 7.11 Å². The van der Waals surface area contributed by atoms with Crippen molar-refractivity contribution in [3.63, 3.8) is 0 Å². The second-order valence-corrected chi connectivity index (χ2v) is 4.05. The Kier molecular flexibility index (Phi) is 8.33. The van der Waals surface area contributed by atoms with Crippen LogP contribution in [-0.4, -0.2) is 38.8 Å². The highest BCUT2D eigenvalue weighted by Crippen LogP contribution is 2.01. The summed E-state index contributed by atoms with van der Waals surface area (Å²) in [4.78, 5) is 11.5. The molecule has 2 N–H and O–H groups in total. The summed E-state index contributed by atoms with van der Waals surface area (Å²) < 4.78 is 5.06. The van der Waals surface area contributed by atoms with Crippen LogP contribution < -0.4 is 10.6 Å². The van der Waals surface area contributed by atoms with Gasteiger partial charge in [-0.15, -0.1) is 0 Å². The topological polar surface area (TPSA) is 50.4 Å². The molecule has 0 aliphatic rings. The van der Waals surface area contributed by atoms with Crippen LogP contribution in [0.25, 0.3) is 0 Å². The van der Waals surface area contributed by atoms with Gasteiger partial charge in [0.05, 0.1) is 19.2 Å². The van der Waals surface area contributed by atoms with E-state index in [2.05, 4.69) is 31.4 Å². The van der Waals surface area contributed by atoms with Crippen molar-refractivity contribution in [3.05, 3.63) is 0 Å². The van der Waals surface area contributed by atoms with E-state index < -0.39 is 0 Å². The summed E-state index contributed by atoms with van der Waals surface area (Å²) in [6.45, 7) is 8.06. The molecule has 0 rings (SSSR count). The Labute approximate surface area is 92.8 Å². The van der Waals surface area contributed by atoms with Gasteiger partial charge in [0.2, 0.25) is 5.91 Å². The molecule has 0 saturated heterocycles. The monoisotopic (exact) mass is 216 g/mol. The maximum Gasteiger partial charge on any atom is 0.234 e. The van der Waals surface area contributed by atoms with Crippen LogP contribution in [0.5, 0.6) is 0 Å². The Morgan fingerprint density at radius 1 is 1.40 bits per heavy atom. The molecule has 15 heavy (non-hydrogen) atoms. The maximum atomic E-state index is 11.5. The quantitative estimate of drug-likeness (QED) is 0.589. The Bertz CT molecular complexity index is 172. The molecule has 0 aliphatic carbocycles. The molecule has 90 valence electrons. The van der Waals surface area contributed by atoms with Gasteiger partial charge in [-0.2, -0.15) is 0 Å². The molecular formula is C11H24N2O2. The minimum absolute atomic E-state index is 0.0409. The standard InChI is InChI=1S/C11H24N2O2/c1-5-6-12-7-11(14)13-10(8-15-4)9(2)3/h9-10,12H,5-8H2,1-4H3,(H,13,14). The van der Waals surface area contributed by atoms with Crippen molar-refractivity contribution in [2.75, 3.05) is 26.8 Å². The highest BCUT2D eigenvalue weighted by Gasteiger charge is 2.15. The van der Waals surface area contributed by atoms with Gasteiger partial charge in [-0.05, 0) is 18.9 Å². The summed E-state index contributed by atoms with van der Waals surface area (Å²) in [5, 5.41) is 6.02. The van der Waals surface area contributed by atoms with Crippen LogP contribution in [0.3, 0.4) is 0 Å². The molecule has 1 atom stereocenters. The Balaban J connectivity index is 3.78. The van der Waals surface area contributed by atoms with Crippen LogP contribution in [0.1, 0.15) is 27.2 Å². The number of hydrogen-bond donors (Lipinski definition) is 2. The second-order valence-electron chi connectivity index (χ2n) is 4.05. The summed E-state index contributed by atoms with van der Waals surface area (Å²) in [6, 6.07) is 0.103. The molecule has 0 fully saturated rings. The molecular weight excluding hydrogens is 192 g/mol. The first-order valence-electron chi connectivity index (χ1n) is 5.60. The van der Waals surface area contributed by atoms with E-state index in [-0.39, 0.29) is 11.9 Å². The van der Waals surface area contributed by atoms with Crippen molar-refractivity contribution in [1.29, 1.82) is 0 Å². The zero-order valence-electron chi connectivity index (χ0n) is 10.3. The number of methoxy groups -OCH3 is 1. The first-order chi connectivity index (χ1) is 7.11. The van der Waals surface area contributed by atoms with Gasteiger partial charge in [0.1, 0.15) is 0 Å². The van der Waals surface area contributed by atoms with Crippen molar-refractivity contribution in [3.8, 4) is 0 Å². The van der Waals surface area contributed by atoms with E-state index in [1.165, 1.54) is 0 Å². The lowest BCUT2D eigenvalue weighted by molar-refractivity contribution is -0.121. The largest absolute Gasteiger partial charge is 0.383 e. The van der Waals surface area contributed by atoms with Gasteiger partial charge >= 0.3 is 0 Å². The van der Waals surface area contributed by atoms with Gasteiger partial charge in [-0.1, -0.05) is 20.8 Å². The van der Waals surface area contributed by atoms with Crippen molar-refractivity contribution < 1.29 is 9.53 Å². The molecule has 0 aliphatic heterocycles. The molecule has 4 heteroatoms. The van der Waals surface area contributed by atoms with Crippen molar-refractivity contribution in [1.82, 2.24) is 10.6 Å². The Hall–Kier alpha value is -0.610. The highest BCUT2D eigenvalue weighted by molar-refractivity contribution is 5.78. The summed E-state index contributed by atoms with van der Waals surface area (Å²) in [5.74, 6) is 0.430. The highest BCUT2D eigenvalue weighted by atomic mass is 16.5. The number of amides is 1. The lowest BCUT2D eigenvalue weighted by Gasteiger charge is -2.21. The lowest BCUT2D eigenvalue weighted by Crippen LogP contribution is -2.45. The summed E-state index contributed by atoms with van der Waals surface area (Å²) in [5.41, 5.74) is 0. The average Bonchev–Trinajstić information content (AvgIpc) is 2.17. The average molecular weight is 216 g/mol. The molecule has 0 bridgehead atoms. The molecule has 4 nitrogen and oxygen atoms in total. The van der Waals surface area contributed by atoms with Crippen LogP contribution >= 0.6 is 0 Å². The number of carbonyl (C=O) groups excluding carboxylic acids is 1. The fourth-order valence-electron chi connectivity index (χ4n) is 1.22. The van der Waals surface area contributed by atoms with Gasteiger partial charge in [-0.25, -0.2) is 0 Å². The van der Waals surface area contributed by atoms with Crippen LogP contribution in [0.15, 0.2) is 0 Å². The Morgan fingerprint density at radius 3 is 2.53 bits per heavy atom. The predicted octanol–water partition coefficient (Wildman–Crippen LogP) is 0.773. The van der Waals surface area contributed by atoms with E-state index >= 15 is 0 Å². The molecule has 0 spiro atoms. The van der Waals surface area contributed by atoms with Gasteiger partial charge in [0.15, 0.2) is 0 Å². The molecule has 0 aromatic heterocycles. The number of carbonyl (C=O) groups is 1. The molecule has 0 aromatic rings. The molecule has 0 saturated carbocycles. The van der Waals surface area contributed by atoms with E-state index in [1.807, 2.05) is 0 Å². The minimum atomic E-state index is 0.0409. The van der Waals surface area contributed by atoms with Crippen LogP contribution in [-0.2, 0) is 9.53 Å². The van der Waals surface area contributed by atoms with Crippen LogP contribution in [0.4, 0.5) is 0 Å². The molecule has 1 unspecified atom stereocenters. The number of hydrogen-bond acceptors (Lipinski definition) is 3. The first kappa shape index (κ1) is 14.4. The van der Waals surface area contributed by atoms with Crippen LogP contribution in [0.2, 0.25) is 0 Å². The SMILES string of the molecule is CCCNCC(=O)NC(COC)C(C)C. The maximum absolute atomic E-state index is 11.5. The van der Waals surface area contributed by atoms with Crippen molar-refractivity contribution >= 4 is 5.91 Å². The van der Waals surface area contributed by atoms with Gasteiger partial charge < -0.3 is 15.4 Å². The first-order valence-corrected chi connectivity index (χ1v) is 5.60. The zero-order valence-corrected chi connectivity index (χ0v) is 10.3. The van der Waals surface area contributed by atoms with E-state index in [9.17, 15) is 4.79 Å². The number of ether oxygens (including phenoxy) is 1. The van der Waals surface area contributed by atoms with Crippen molar-refractivity contribution in [2.24, 2.45) is 5.92 Å². The number of rotatable bonds is 8.